The van der Waals surface area contributed by atoms with E-state index in [4.69, 9.17) is 4.74 Å². The Morgan fingerprint density at radius 1 is 0.797 bits per heavy atom. The van der Waals surface area contributed by atoms with Gasteiger partial charge in [0.15, 0.2) is 5.75 Å². The second kappa shape index (κ2) is 23.6. The molecule has 20 heteroatoms. The van der Waals surface area contributed by atoms with Crippen LogP contribution in [0.3, 0.4) is 0 Å². The minimum Gasteiger partial charge on any atom is -0.502 e. The van der Waals surface area contributed by atoms with Crippen LogP contribution in [0.4, 0.5) is 5.69 Å². The number of rotatable bonds is 13. The third-order valence-electron chi connectivity index (χ3n) is 14.6. The van der Waals surface area contributed by atoms with Gasteiger partial charge in [-0.25, -0.2) is 0 Å². The molecule has 3 aromatic rings. The number of nitrogens with zero attached hydrogens (tertiary/aromatic N) is 5. The maximum Gasteiger partial charge on any atom is 0.310 e. The smallest absolute Gasteiger partial charge is 0.310 e. The van der Waals surface area contributed by atoms with E-state index in [1.807, 2.05) is 65.1 Å². The third kappa shape index (κ3) is 12.9. The van der Waals surface area contributed by atoms with Gasteiger partial charge in [-0.2, -0.15) is 0 Å². The Labute approximate surface area is 433 Å². The summed E-state index contributed by atoms with van der Waals surface area (Å²) in [4.78, 5) is 118. The number of hydrogen-bond donors (Lipinski definition) is 5. The average molecular weight is 1030 g/mol. The van der Waals surface area contributed by atoms with E-state index in [2.05, 4.69) is 39.7 Å². The highest BCUT2D eigenvalue weighted by atomic mass is 16.6. The highest BCUT2D eigenvalue weighted by Gasteiger charge is 2.45. The Morgan fingerprint density at radius 3 is 2.04 bits per heavy atom. The molecule has 4 heterocycles. The lowest BCUT2D eigenvalue weighted by atomic mass is 9.90. The molecule has 3 saturated heterocycles. The van der Waals surface area contributed by atoms with Crippen molar-refractivity contribution in [2.45, 2.75) is 155 Å². The van der Waals surface area contributed by atoms with E-state index in [-0.39, 0.29) is 74.5 Å². The van der Waals surface area contributed by atoms with Crippen LogP contribution in [0.2, 0.25) is 0 Å². The fourth-order valence-electron chi connectivity index (χ4n) is 10.2. The van der Waals surface area contributed by atoms with Gasteiger partial charge in [0.1, 0.15) is 48.4 Å². The van der Waals surface area contributed by atoms with Crippen molar-refractivity contribution in [3.05, 3.63) is 82.1 Å². The maximum atomic E-state index is 15.4. The molecule has 2 unspecified atom stereocenters. The largest absolute Gasteiger partial charge is 0.502 e. The highest BCUT2D eigenvalue weighted by Crippen LogP contribution is 2.36. The molecule has 1 aromatic heterocycles. The number of epoxide rings is 1. The number of carbonyl (C=O) groups excluding carboxylic acids is 7. The summed E-state index contributed by atoms with van der Waals surface area (Å²) in [6.07, 6.45) is 5.55. The fourth-order valence-corrected chi connectivity index (χ4v) is 10.2. The number of nitrogens with one attached hydrogen (secondary N) is 4. The molecule has 74 heavy (non-hydrogen) atoms. The number of aromatic nitrogens is 1. The predicted octanol–water partition coefficient (Wildman–Crippen LogP) is 4.10. The molecule has 2 aromatic carbocycles. The van der Waals surface area contributed by atoms with Crippen molar-refractivity contribution in [3.8, 4) is 5.75 Å². The van der Waals surface area contributed by atoms with Crippen molar-refractivity contribution in [1.29, 1.82) is 0 Å². The number of benzene rings is 2. The van der Waals surface area contributed by atoms with E-state index in [1.165, 1.54) is 41.8 Å². The SMILES string of the molecule is C/C=C/C[C@@H]1NC(=O)[C@H](CC(C)C)N2C[C@@H](C)CC(C2=O)N(C)C(=O)[C@H](C)NC(=O)[C@H](Cc2ccc(O)c([N+](=O)[O-])c2)NC(=O)[C@H](CC(C)C)N(C)C(=O)[C@H](Cc2cn(C(C)(C)C3CO3)c3ccccc23)NC1=O. The van der Waals surface area contributed by atoms with Gasteiger partial charge >= 0.3 is 5.69 Å². The van der Waals surface area contributed by atoms with Crippen LogP contribution >= 0.6 is 0 Å². The van der Waals surface area contributed by atoms with Gasteiger partial charge in [-0.3, -0.25) is 43.7 Å². The number of amides is 7. The lowest BCUT2D eigenvalue weighted by Crippen LogP contribution is -2.63. The minimum absolute atomic E-state index is 0.0290. The number of piperidine rings is 1. The molecular formula is C54H75N9O11. The molecule has 6 rings (SSSR count). The fraction of sp³-hybridized carbons (Fsp3) is 0.574. The molecular weight excluding hydrogens is 951 g/mol. The number of para-hydroxylation sites is 1. The van der Waals surface area contributed by atoms with E-state index in [0.717, 1.165) is 23.0 Å². The monoisotopic (exact) mass is 1030 g/mol. The van der Waals surface area contributed by atoms with Gasteiger partial charge in [-0.1, -0.05) is 71.0 Å². The topological polar surface area (TPSA) is 258 Å². The van der Waals surface area contributed by atoms with E-state index in [9.17, 15) is 44.0 Å². The number of likely N-dealkylation sites (N-methyl/N-ethyl adjacent to an activating group) is 2. The first-order valence-corrected chi connectivity index (χ1v) is 25.7. The Balaban J connectivity index is 1.50. The standard InChI is InChI=1S/C54H75N9O11/c1-12-13-17-37-47(65)58-39(26-35-28-62(54(8,9)46-29-74-46)40-18-15-14-16-36(35)40)52(70)59(10)42(21-30(2)3)49(67)57-38(24-34-19-20-45(64)41(25-34)63(72)73)48(66)55-33(7)51(69)60(11)44-23-32(6)27-61(53(44)71)43(22-31(4)5)50(68)56-37/h12-16,18-20,25,28,30-33,37-39,42-44,46,64H,17,21-24,26-27,29H2,1-11H3,(H,55,66)(H,56,68)(H,57,67)(H,58,65)/b13-12+/t32-,33-,37-,38-,39-,42-,43-,44?,46?/m0/s1. The Hall–Kier alpha value is -6.83. The van der Waals surface area contributed by atoms with Gasteiger partial charge in [-0.05, 0) is 94.4 Å². The number of hydrogen-bond acceptors (Lipinski definition) is 11. The lowest BCUT2D eigenvalue weighted by Gasteiger charge is -2.43. The molecule has 0 saturated carbocycles. The summed E-state index contributed by atoms with van der Waals surface area (Å²) >= 11 is 0. The summed E-state index contributed by atoms with van der Waals surface area (Å²) in [6, 6.07) is 2.59. The number of nitro benzene ring substituents is 1. The molecule has 5 N–H and O–H groups in total. The quantitative estimate of drug-likeness (QED) is 0.0705. The molecule has 0 radical (unpaired) electrons. The van der Waals surface area contributed by atoms with E-state index >= 15 is 4.79 Å². The summed E-state index contributed by atoms with van der Waals surface area (Å²) in [5.74, 6) is -5.77. The van der Waals surface area contributed by atoms with Gasteiger partial charge in [0.05, 0.1) is 17.1 Å². The highest BCUT2D eigenvalue weighted by molar-refractivity contribution is 5.99. The Bertz CT molecular complexity index is 2640. The molecule has 3 fully saturated rings. The van der Waals surface area contributed by atoms with E-state index in [0.29, 0.717) is 12.2 Å². The van der Waals surface area contributed by atoms with Gasteiger partial charge in [-0.15, -0.1) is 0 Å². The maximum absolute atomic E-state index is 15.4. The van der Waals surface area contributed by atoms with Crippen molar-refractivity contribution >= 4 is 57.9 Å². The second-order valence-corrected chi connectivity index (χ2v) is 21.8. The van der Waals surface area contributed by atoms with Gasteiger partial charge < -0.3 is 50.4 Å². The van der Waals surface area contributed by atoms with Crippen LogP contribution in [-0.4, -0.2) is 146 Å². The molecule has 9 atom stereocenters. The summed E-state index contributed by atoms with van der Waals surface area (Å²) in [5.41, 5.74) is 0.648. The molecule has 2 bridgehead atoms. The van der Waals surface area contributed by atoms with Crippen LogP contribution in [0.15, 0.2) is 60.8 Å². The number of aromatic hydroxyl groups is 1. The lowest BCUT2D eigenvalue weighted by molar-refractivity contribution is -0.385. The van der Waals surface area contributed by atoms with E-state index < -0.39 is 106 Å². The van der Waals surface area contributed by atoms with Crippen LogP contribution in [0.5, 0.6) is 5.75 Å². The van der Waals surface area contributed by atoms with Crippen LogP contribution in [0.25, 0.3) is 10.9 Å². The van der Waals surface area contributed by atoms with Crippen LogP contribution in [0.1, 0.15) is 99.1 Å². The summed E-state index contributed by atoms with van der Waals surface area (Å²) in [6.45, 7) is 17.5. The van der Waals surface area contributed by atoms with Gasteiger partial charge in [0.2, 0.25) is 41.4 Å². The van der Waals surface area contributed by atoms with Crippen LogP contribution in [-0.2, 0) is 56.7 Å². The molecule has 0 aliphatic carbocycles. The van der Waals surface area contributed by atoms with E-state index in [1.54, 1.807) is 19.1 Å². The first-order chi connectivity index (χ1) is 34.8. The molecule has 402 valence electrons. The van der Waals surface area contributed by atoms with Crippen molar-refractivity contribution in [2.75, 3.05) is 27.2 Å². The zero-order valence-electron chi connectivity index (χ0n) is 44.5. The molecule has 7 amide bonds. The summed E-state index contributed by atoms with van der Waals surface area (Å²) in [7, 11) is 2.89. The number of phenolic OH excluding ortho intramolecular Hbond substituents is 1. The van der Waals surface area contributed by atoms with Crippen molar-refractivity contribution < 1.29 is 48.3 Å². The Morgan fingerprint density at radius 2 is 1.41 bits per heavy atom. The number of ether oxygens (including phenoxy) is 1. The Kier molecular flexibility index (Phi) is 18.0. The first kappa shape index (κ1) is 56.5. The van der Waals surface area contributed by atoms with Gasteiger partial charge in [0, 0.05) is 56.6 Å². The molecule has 3 aliphatic rings. The predicted molar refractivity (Wildman–Crippen MR) is 277 cm³/mol. The number of carbonyl (C=O) groups is 7. The van der Waals surface area contributed by atoms with Crippen molar-refractivity contribution in [1.82, 2.24) is 40.5 Å². The zero-order chi connectivity index (χ0) is 54.5. The normalized spacial score (nSPS) is 26.3. The summed E-state index contributed by atoms with van der Waals surface area (Å²) in [5, 5.41) is 34.3. The second-order valence-electron chi connectivity index (χ2n) is 21.8. The van der Waals surface area contributed by atoms with Crippen LogP contribution in [0, 0.1) is 27.9 Å². The average Bonchev–Trinajstić information content (AvgIpc) is 4.15. The number of nitro groups is 1. The first-order valence-electron chi connectivity index (χ1n) is 25.7. The minimum atomic E-state index is -1.49. The number of fused-ring (bicyclic) bond motifs is 3. The number of phenols is 1. The molecule has 0 spiro atoms. The van der Waals surface area contributed by atoms with Crippen LogP contribution < -0.4 is 21.3 Å². The third-order valence-corrected chi connectivity index (χ3v) is 14.6. The summed E-state index contributed by atoms with van der Waals surface area (Å²) < 4.78 is 7.86. The molecule has 20 nitrogen and oxygen atoms in total. The van der Waals surface area contributed by atoms with Crippen molar-refractivity contribution in [2.24, 2.45) is 17.8 Å². The molecule has 3 aliphatic heterocycles. The van der Waals surface area contributed by atoms with Crippen molar-refractivity contribution in [3.63, 3.8) is 0 Å². The number of allylic oxidation sites excluding steroid dienone is 1. The zero-order valence-corrected chi connectivity index (χ0v) is 44.5. The van der Waals surface area contributed by atoms with Gasteiger partial charge in [0.25, 0.3) is 0 Å².